The molecule has 3 N–H and O–H groups in total. The third-order valence-corrected chi connectivity index (χ3v) is 2.77. The zero-order chi connectivity index (χ0) is 14.4. The molecular weight excluding hydrogens is 242 g/mol. The number of benzene rings is 1. The van der Waals surface area contributed by atoms with Gasteiger partial charge >= 0.3 is 0 Å². The van der Waals surface area contributed by atoms with Crippen LogP contribution in [-0.4, -0.2) is 25.9 Å². The first-order chi connectivity index (χ1) is 8.90. The highest BCUT2D eigenvalue weighted by Crippen LogP contribution is 2.17. The lowest BCUT2D eigenvalue weighted by atomic mass is 10.1. The zero-order valence-electron chi connectivity index (χ0n) is 11.5. The van der Waals surface area contributed by atoms with E-state index in [0.29, 0.717) is 6.42 Å². The van der Waals surface area contributed by atoms with Crippen molar-refractivity contribution in [2.45, 2.75) is 13.3 Å². The molecule has 0 aromatic heterocycles. The van der Waals surface area contributed by atoms with Crippen LogP contribution in [0.4, 0.5) is 11.4 Å². The van der Waals surface area contributed by atoms with E-state index in [2.05, 4.69) is 5.32 Å². The SMILES string of the molecule is C[C@@H](C[CH]C(=O)Nc1cccc(N(C)C)c1)C(N)=O. The van der Waals surface area contributed by atoms with Crippen LogP contribution in [0.15, 0.2) is 24.3 Å². The van der Waals surface area contributed by atoms with Crippen LogP contribution in [0.25, 0.3) is 0 Å². The van der Waals surface area contributed by atoms with E-state index in [0.717, 1.165) is 11.4 Å². The number of carbonyl (C=O) groups excluding carboxylic acids is 2. The predicted octanol–water partition coefficient (Wildman–Crippen LogP) is 1.41. The number of anilines is 2. The molecular formula is C14H20N3O2. The van der Waals surface area contributed by atoms with Crippen LogP contribution in [0.3, 0.4) is 0 Å². The van der Waals surface area contributed by atoms with Crippen molar-refractivity contribution in [2.75, 3.05) is 24.3 Å². The van der Waals surface area contributed by atoms with Crippen molar-refractivity contribution >= 4 is 23.2 Å². The summed E-state index contributed by atoms with van der Waals surface area (Å²) in [5.41, 5.74) is 6.86. The zero-order valence-corrected chi connectivity index (χ0v) is 11.5. The molecule has 1 aromatic rings. The van der Waals surface area contributed by atoms with Crippen LogP contribution < -0.4 is 16.0 Å². The number of amides is 2. The van der Waals surface area contributed by atoms with Gasteiger partial charge in [-0.1, -0.05) is 13.0 Å². The molecule has 1 rings (SSSR count). The summed E-state index contributed by atoms with van der Waals surface area (Å²) in [7, 11) is 3.86. The largest absolute Gasteiger partial charge is 0.378 e. The van der Waals surface area contributed by atoms with Gasteiger partial charge in [0.05, 0.1) is 6.42 Å². The van der Waals surface area contributed by atoms with Crippen LogP contribution in [0.5, 0.6) is 0 Å². The van der Waals surface area contributed by atoms with Gasteiger partial charge < -0.3 is 16.0 Å². The van der Waals surface area contributed by atoms with Gasteiger partial charge in [0.1, 0.15) is 0 Å². The molecule has 1 atom stereocenters. The summed E-state index contributed by atoms with van der Waals surface area (Å²) < 4.78 is 0. The minimum atomic E-state index is -0.404. The monoisotopic (exact) mass is 262 g/mol. The third kappa shape index (κ3) is 4.99. The normalized spacial score (nSPS) is 11.7. The fourth-order valence-corrected chi connectivity index (χ4v) is 1.46. The summed E-state index contributed by atoms with van der Waals surface area (Å²) >= 11 is 0. The Balaban J connectivity index is 2.53. The molecule has 1 radical (unpaired) electrons. The molecule has 0 spiro atoms. The maximum atomic E-state index is 11.7. The lowest BCUT2D eigenvalue weighted by molar-refractivity contribution is -0.121. The van der Waals surface area contributed by atoms with E-state index in [1.165, 1.54) is 6.42 Å². The van der Waals surface area contributed by atoms with Gasteiger partial charge in [0, 0.05) is 31.4 Å². The quantitative estimate of drug-likeness (QED) is 0.813. The van der Waals surface area contributed by atoms with Crippen LogP contribution in [0.1, 0.15) is 13.3 Å². The van der Waals surface area contributed by atoms with Crippen molar-refractivity contribution < 1.29 is 9.59 Å². The number of nitrogens with zero attached hydrogens (tertiary/aromatic N) is 1. The van der Waals surface area contributed by atoms with Gasteiger partial charge in [-0.15, -0.1) is 0 Å². The Kier molecular flexibility index (Phi) is 5.36. The summed E-state index contributed by atoms with van der Waals surface area (Å²) in [5, 5.41) is 2.76. The van der Waals surface area contributed by atoms with E-state index in [1.807, 2.05) is 43.3 Å². The number of carbonyl (C=O) groups is 2. The average molecular weight is 262 g/mol. The summed E-state index contributed by atoms with van der Waals surface area (Å²) in [6, 6.07) is 7.52. The first-order valence-corrected chi connectivity index (χ1v) is 6.11. The molecule has 0 fully saturated rings. The van der Waals surface area contributed by atoms with E-state index in [4.69, 9.17) is 5.73 Å². The highest BCUT2D eigenvalue weighted by atomic mass is 16.2. The molecule has 0 bridgehead atoms. The molecule has 19 heavy (non-hydrogen) atoms. The highest BCUT2D eigenvalue weighted by Gasteiger charge is 2.12. The summed E-state index contributed by atoms with van der Waals surface area (Å²) in [5.74, 6) is -0.971. The number of nitrogens with one attached hydrogen (secondary N) is 1. The molecule has 1 aromatic carbocycles. The van der Waals surface area contributed by atoms with Gasteiger partial charge in [-0.3, -0.25) is 9.59 Å². The Morgan fingerprint density at radius 2 is 2.11 bits per heavy atom. The number of nitrogens with two attached hydrogens (primary N) is 1. The summed E-state index contributed by atoms with van der Waals surface area (Å²) in [6.45, 7) is 1.69. The van der Waals surface area contributed by atoms with Crippen molar-refractivity contribution in [3.63, 3.8) is 0 Å². The Bertz CT molecular complexity index is 458. The Hall–Kier alpha value is -2.04. The van der Waals surface area contributed by atoms with Crippen LogP contribution in [0.2, 0.25) is 0 Å². The molecule has 0 heterocycles. The number of hydrogen-bond acceptors (Lipinski definition) is 3. The topological polar surface area (TPSA) is 75.4 Å². The fourth-order valence-electron chi connectivity index (χ4n) is 1.46. The lowest BCUT2D eigenvalue weighted by Gasteiger charge is -2.14. The van der Waals surface area contributed by atoms with Crippen molar-refractivity contribution in [1.29, 1.82) is 0 Å². The fraction of sp³-hybridized carbons (Fsp3) is 0.357. The molecule has 5 heteroatoms. The van der Waals surface area contributed by atoms with Gasteiger partial charge in [-0.05, 0) is 24.6 Å². The first kappa shape index (κ1) is 15.0. The molecule has 2 amide bonds. The highest BCUT2D eigenvalue weighted by molar-refractivity contribution is 5.97. The van der Waals surface area contributed by atoms with Crippen molar-refractivity contribution in [3.8, 4) is 0 Å². The maximum Gasteiger partial charge on any atom is 0.228 e. The third-order valence-electron chi connectivity index (χ3n) is 2.77. The molecule has 103 valence electrons. The molecule has 0 saturated heterocycles. The summed E-state index contributed by atoms with van der Waals surface area (Å²) in [6.07, 6.45) is 1.78. The van der Waals surface area contributed by atoms with E-state index >= 15 is 0 Å². The Morgan fingerprint density at radius 3 is 2.68 bits per heavy atom. The second-order valence-corrected chi connectivity index (χ2v) is 4.68. The first-order valence-electron chi connectivity index (χ1n) is 6.11. The van der Waals surface area contributed by atoms with E-state index in [9.17, 15) is 9.59 Å². The summed E-state index contributed by atoms with van der Waals surface area (Å²) in [4.78, 5) is 24.5. The van der Waals surface area contributed by atoms with Crippen LogP contribution in [0, 0.1) is 12.3 Å². The van der Waals surface area contributed by atoms with E-state index < -0.39 is 5.91 Å². The Labute approximate surface area is 113 Å². The second-order valence-electron chi connectivity index (χ2n) is 4.68. The smallest absolute Gasteiger partial charge is 0.228 e. The minimum Gasteiger partial charge on any atom is -0.378 e. The van der Waals surface area contributed by atoms with Gasteiger partial charge in [-0.2, -0.15) is 0 Å². The molecule has 0 saturated carbocycles. The second kappa shape index (κ2) is 6.78. The van der Waals surface area contributed by atoms with Gasteiger partial charge in [0.15, 0.2) is 0 Å². The van der Waals surface area contributed by atoms with Crippen molar-refractivity contribution in [1.82, 2.24) is 0 Å². The molecule has 5 nitrogen and oxygen atoms in total. The van der Waals surface area contributed by atoms with Crippen molar-refractivity contribution in [2.24, 2.45) is 11.7 Å². The van der Waals surface area contributed by atoms with E-state index in [1.54, 1.807) is 6.92 Å². The maximum absolute atomic E-state index is 11.7. The number of hydrogen-bond donors (Lipinski definition) is 2. The number of primary amides is 1. The van der Waals surface area contributed by atoms with Crippen molar-refractivity contribution in [3.05, 3.63) is 30.7 Å². The molecule has 0 unspecified atom stereocenters. The van der Waals surface area contributed by atoms with Crippen LogP contribution >= 0.6 is 0 Å². The minimum absolute atomic E-state index is 0.232. The van der Waals surface area contributed by atoms with Crippen LogP contribution in [-0.2, 0) is 9.59 Å². The number of rotatable bonds is 6. The van der Waals surface area contributed by atoms with Gasteiger partial charge in [-0.25, -0.2) is 0 Å². The Morgan fingerprint density at radius 1 is 1.42 bits per heavy atom. The molecule has 0 aliphatic rings. The molecule has 0 aliphatic heterocycles. The predicted molar refractivity (Wildman–Crippen MR) is 76.7 cm³/mol. The van der Waals surface area contributed by atoms with E-state index in [-0.39, 0.29) is 11.8 Å². The van der Waals surface area contributed by atoms with Gasteiger partial charge in [0.2, 0.25) is 11.8 Å². The molecule has 0 aliphatic carbocycles. The average Bonchev–Trinajstić information content (AvgIpc) is 2.36. The lowest BCUT2D eigenvalue weighted by Crippen LogP contribution is -2.22. The standard InChI is InChI=1S/C14H20N3O2/c1-10(14(15)19)7-8-13(18)16-11-5-4-6-12(9-11)17(2)3/h4-6,8-10H,7H2,1-3H3,(H2,15,19)(H,16,18)/t10-/m0/s1. The van der Waals surface area contributed by atoms with Gasteiger partial charge in [0.25, 0.3) is 0 Å².